The van der Waals surface area contributed by atoms with Crippen LogP contribution >= 0.6 is 0 Å². The minimum absolute atomic E-state index is 0.252. The van der Waals surface area contributed by atoms with Crippen molar-refractivity contribution in [3.8, 4) is 17.6 Å². The second-order valence-corrected chi connectivity index (χ2v) is 4.10. The third kappa shape index (κ3) is 2.49. The smallest absolute Gasteiger partial charge is 0.127 e. The lowest BCUT2D eigenvalue weighted by molar-refractivity contribution is 0.479. The fourth-order valence-electron chi connectivity index (χ4n) is 1.64. The molecule has 0 saturated carbocycles. The molecular weight excluding hydrogens is 229 g/mol. The Kier molecular flexibility index (Phi) is 3.29. The molecule has 0 N–H and O–H groups in total. The van der Waals surface area contributed by atoms with Crippen LogP contribution in [0.5, 0.6) is 11.5 Å². The van der Waals surface area contributed by atoms with Crippen LogP contribution in [-0.2, 0) is 0 Å². The molecule has 0 fully saturated rings. The number of ether oxygens (including phenoxy) is 1. The highest BCUT2D eigenvalue weighted by molar-refractivity contribution is 5.43. The number of aryl methyl sites for hydroxylation is 2. The number of nitrogens with zero attached hydrogens (tertiary/aromatic N) is 1. The zero-order valence-corrected chi connectivity index (χ0v) is 10.2. The van der Waals surface area contributed by atoms with Crippen LogP contribution in [0.15, 0.2) is 36.4 Å². The van der Waals surface area contributed by atoms with Gasteiger partial charge in [0.25, 0.3) is 0 Å². The highest BCUT2D eigenvalue weighted by Gasteiger charge is 2.03. The van der Waals surface area contributed by atoms with Gasteiger partial charge in [0.05, 0.1) is 11.6 Å². The molecule has 0 aliphatic rings. The third-order valence-electron chi connectivity index (χ3n) is 2.68. The molecule has 2 rings (SSSR count). The van der Waals surface area contributed by atoms with Gasteiger partial charge in [-0.2, -0.15) is 5.26 Å². The van der Waals surface area contributed by atoms with E-state index in [1.165, 1.54) is 6.07 Å². The van der Waals surface area contributed by atoms with Gasteiger partial charge in [-0.05, 0) is 61.4 Å². The summed E-state index contributed by atoms with van der Waals surface area (Å²) in [6, 6.07) is 11.9. The first-order valence-corrected chi connectivity index (χ1v) is 5.55. The molecule has 0 amide bonds. The average molecular weight is 241 g/mol. The molecule has 0 unspecified atom stereocenters. The Balaban J connectivity index is 2.26. The number of hydrogen-bond acceptors (Lipinski definition) is 2. The van der Waals surface area contributed by atoms with Gasteiger partial charge >= 0.3 is 0 Å². The summed E-state index contributed by atoms with van der Waals surface area (Å²) in [5.41, 5.74) is 2.02. The lowest BCUT2D eigenvalue weighted by Gasteiger charge is -2.08. The molecule has 0 aliphatic carbocycles. The van der Waals surface area contributed by atoms with Crippen LogP contribution in [0.4, 0.5) is 4.39 Å². The molecule has 0 spiro atoms. The molecule has 18 heavy (non-hydrogen) atoms. The van der Waals surface area contributed by atoms with E-state index in [0.29, 0.717) is 22.6 Å². The van der Waals surface area contributed by atoms with Gasteiger partial charge in [-0.3, -0.25) is 0 Å². The molecule has 0 bridgehead atoms. The van der Waals surface area contributed by atoms with Crippen LogP contribution in [0.1, 0.15) is 16.7 Å². The van der Waals surface area contributed by atoms with Crippen molar-refractivity contribution >= 4 is 0 Å². The van der Waals surface area contributed by atoms with Gasteiger partial charge in [0.2, 0.25) is 0 Å². The van der Waals surface area contributed by atoms with E-state index in [1.807, 2.05) is 6.92 Å². The van der Waals surface area contributed by atoms with Crippen molar-refractivity contribution in [1.29, 1.82) is 5.26 Å². The van der Waals surface area contributed by atoms with E-state index in [0.717, 1.165) is 5.56 Å². The molecule has 0 aromatic heterocycles. The van der Waals surface area contributed by atoms with E-state index in [9.17, 15) is 4.39 Å². The van der Waals surface area contributed by atoms with E-state index in [4.69, 9.17) is 10.00 Å². The van der Waals surface area contributed by atoms with Crippen LogP contribution in [-0.4, -0.2) is 0 Å². The highest BCUT2D eigenvalue weighted by Crippen LogP contribution is 2.25. The average Bonchev–Trinajstić information content (AvgIpc) is 2.34. The van der Waals surface area contributed by atoms with Gasteiger partial charge in [0.15, 0.2) is 0 Å². The minimum atomic E-state index is -0.252. The lowest BCUT2D eigenvalue weighted by atomic mass is 10.1. The molecule has 2 nitrogen and oxygen atoms in total. The maximum Gasteiger partial charge on any atom is 0.127 e. The third-order valence-corrected chi connectivity index (χ3v) is 2.68. The van der Waals surface area contributed by atoms with Crippen LogP contribution in [0, 0.1) is 31.0 Å². The number of halogens is 1. The van der Waals surface area contributed by atoms with E-state index in [1.54, 1.807) is 37.3 Å². The molecular formula is C15H12FNO. The fraction of sp³-hybridized carbons (Fsp3) is 0.133. The van der Waals surface area contributed by atoms with Crippen LogP contribution in [0.3, 0.4) is 0 Å². The minimum Gasteiger partial charge on any atom is -0.457 e. The standard InChI is InChI=1S/C15H12FNO/c1-10-7-13(4-3-12(10)9-17)18-14-5-6-15(16)11(2)8-14/h3-8H,1-2H3. The van der Waals surface area contributed by atoms with Crippen LogP contribution < -0.4 is 4.74 Å². The Morgan fingerprint density at radius 2 is 1.61 bits per heavy atom. The van der Waals surface area contributed by atoms with Gasteiger partial charge in [-0.25, -0.2) is 4.39 Å². The zero-order valence-electron chi connectivity index (χ0n) is 10.2. The van der Waals surface area contributed by atoms with Crippen molar-refractivity contribution in [2.75, 3.05) is 0 Å². The van der Waals surface area contributed by atoms with E-state index in [2.05, 4.69) is 6.07 Å². The predicted octanol–water partition coefficient (Wildman–Crippen LogP) is 4.11. The molecule has 0 heterocycles. The Morgan fingerprint density at radius 1 is 1.00 bits per heavy atom. The first-order valence-electron chi connectivity index (χ1n) is 5.55. The lowest BCUT2D eigenvalue weighted by Crippen LogP contribution is -1.89. The number of hydrogen-bond donors (Lipinski definition) is 0. The van der Waals surface area contributed by atoms with Crippen molar-refractivity contribution in [3.05, 3.63) is 58.9 Å². The maximum absolute atomic E-state index is 13.1. The van der Waals surface area contributed by atoms with Gasteiger partial charge < -0.3 is 4.74 Å². The normalized spacial score (nSPS) is 9.89. The van der Waals surface area contributed by atoms with Crippen molar-refractivity contribution in [2.45, 2.75) is 13.8 Å². The quantitative estimate of drug-likeness (QED) is 0.792. The van der Waals surface area contributed by atoms with Crippen LogP contribution in [0.25, 0.3) is 0 Å². The molecule has 0 radical (unpaired) electrons. The van der Waals surface area contributed by atoms with E-state index < -0.39 is 0 Å². The summed E-state index contributed by atoms with van der Waals surface area (Å²) in [6.45, 7) is 3.54. The molecule has 0 saturated heterocycles. The first kappa shape index (κ1) is 12.1. The molecule has 0 atom stereocenters. The fourth-order valence-corrected chi connectivity index (χ4v) is 1.64. The Morgan fingerprint density at radius 3 is 2.17 bits per heavy atom. The zero-order chi connectivity index (χ0) is 13.1. The van der Waals surface area contributed by atoms with E-state index in [-0.39, 0.29) is 5.82 Å². The maximum atomic E-state index is 13.1. The predicted molar refractivity (Wildman–Crippen MR) is 67.1 cm³/mol. The molecule has 2 aromatic carbocycles. The van der Waals surface area contributed by atoms with Gasteiger partial charge in [0.1, 0.15) is 17.3 Å². The van der Waals surface area contributed by atoms with Gasteiger partial charge in [-0.15, -0.1) is 0 Å². The van der Waals surface area contributed by atoms with Gasteiger partial charge in [0, 0.05) is 0 Å². The van der Waals surface area contributed by atoms with Crippen molar-refractivity contribution < 1.29 is 9.13 Å². The molecule has 0 aliphatic heterocycles. The van der Waals surface area contributed by atoms with Crippen molar-refractivity contribution in [1.82, 2.24) is 0 Å². The summed E-state index contributed by atoms with van der Waals surface area (Å²) in [4.78, 5) is 0. The summed E-state index contributed by atoms with van der Waals surface area (Å²) in [6.07, 6.45) is 0. The SMILES string of the molecule is Cc1cc(Oc2ccc(C#N)c(C)c2)ccc1F. The van der Waals surface area contributed by atoms with Crippen molar-refractivity contribution in [3.63, 3.8) is 0 Å². The summed E-state index contributed by atoms with van der Waals surface area (Å²) in [7, 11) is 0. The molecule has 90 valence electrons. The first-order chi connectivity index (χ1) is 8.60. The second kappa shape index (κ2) is 4.89. The second-order valence-electron chi connectivity index (χ2n) is 4.10. The largest absolute Gasteiger partial charge is 0.457 e. The van der Waals surface area contributed by atoms with Crippen molar-refractivity contribution in [2.24, 2.45) is 0 Å². The number of benzene rings is 2. The topological polar surface area (TPSA) is 33.0 Å². The number of rotatable bonds is 2. The molecule has 3 heteroatoms. The summed E-state index contributed by atoms with van der Waals surface area (Å²) < 4.78 is 18.7. The summed E-state index contributed by atoms with van der Waals surface area (Å²) in [5.74, 6) is 0.967. The number of nitriles is 1. The summed E-state index contributed by atoms with van der Waals surface area (Å²) >= 11 is 0. The van der Waals surface area contributed by atoms with Crippen LogP contribution in [0.2, 0.25) is 0 Å². The highest BCUT2D eigenvalue weighted by atomic mass is 19.1. The monoisotopic (exact) mass is 241 g/mol. The Bertz CT molecular complexity index is 629. The van der Waals surface area contributed by atoms with E-state index >= 15 is 0 Å². The molecule has 2 aromatic rings. The van der Waals surface area contributed by atoms with Gasteiger partial charge in [-0.1, -0.05) is 0 Å². The Hall–Kier alpha value is -2.34. The summed E-state index contributed by atoms with van der Waals surface area (Å²) in [5, 5.41) is 8.83. The Labute approximate surface area is 105 Å².